The first-order valence-corrected chi connectivity index (χ1v) is 10.1. The quantitative estimate of drug-likeness (QED) is 0.837. The summed E-state index contributed by atoms with van der Waals surface area (Å²) in [6.45, 7) is 3.79. The van der Waals surface area contributed by atoms with Gasteiger partial charge in [0.25, 0.3) is 10.0 Å². The molecule has 1 fully saturated rings. The lowest BCUT2D eigenvalue weighted by molar-refractivity contribution is 0.0697. The number of carbonyl (C=O) groups is 1. The van der Waals surface area contributed by atoms with Crippen molar-refractivity contribution in [2.75, 3.05) is 22.7 Å². The second kappa shape index (κ2) is 7.37. The first-order chi connectivity index (χ1) is 12.4. The van der Waals surface area contributed by atoms with Crippen molar-refractivity contribution >= 4 is 27.4 Å². The summed E-state index contributed by atoms with van der Waals surface area (Å²) in [7, 11) is -3.80. The smallest absolute Gasteiger partial charge is 0.335 e. The summed E-state index contributed by atoms with van der Waals surface area (Å²) in [6, 6.07) is 12.6. The summed E-state index contributed by atoms with van der Waals surface area (Å²) >= 11 is 0. The molecular weight excluding hydrogens is 352 g/mol. The molecule has 2 aromatic carbocycles. The highest BCUT2D eigenvalue weighted by Gasteiger charge is 2.23. The van der Waals surface area contributed by atoms with Crippen LogP contribution in [0.25, 0.3) is 0 Å². The van der Waals surface area contributed by atoms with Crippen LogP contribution >= 0.6 is 0 Å². The van der Waals surface area contributed by atoms with Crippen LogP contribution in [0.2, 0.25) is 0 Å². The van der Waals surface area contributed by atoms with Crippen LogP contribution in [0.3, 0.4) is 0 Å². The molecule has 1 saturated heterocycles. The van der Waals surface area contributed by atoms with E-state index in [0.717, 1.165) is 25.9 Å². The van der Waals surface area contributed by atoms with Crippen LogP contribution in [0, 0.1) is 5.92 Å². The standard InChI is InChI=1S/C19H22N2O4S/c1-14-6-5-11-21(13-14)18-10-9-15(19(22)23)12-17(18)20-26(24,25)16-7-3-2-4-8-16/h2-4,7-10,12,14,20H,5-6,11,13H2,1H3,(H,22,23)/t14-/m0/s1. The molecule has 26 heavy (non-hydrogen) atoms. The normalized spacial score (nSPS) is 17.7. The third-order valence-corrected chi connectivity index (χ3v) is 5.92. The minimum absolute atomic E-state index is 0.0459. The van der Waals surface area contributed by atoms with E-state index in [-0.39, 0.29) is 10.5 Å². The van der Waals surface area contributed by atoms with Gasteiger partial charge in [0.15, 0.2) is 0 Å². The van der Waals surface area contributed by atoms with E-state index in [2.05, 4.69) is 16.5 Å². The number of rotatable bonds is 5. The van der Waals surface area contributed by atoms with Gasteiger partial charge in [-0.1, -0.05) is 25.1 Å². The molecule has 138 valence electrons. The summed E-state index contributed by atoms with van der Waals surface area (Å²) in [5.41, 5.74) is 1.05. The number of carboxylic acid groups (broad SMARTS) is 1. The molecule has 1 heterocycles. The monoisotopic (exact) mass is 374 g/mol. The molecule has 1 atom stereocenters. The van der Waals surface area contributed by atoms with Gasteiger partial charge in [0, 0.05) is 13.1 Å². The molecule has 0 unspecified atom stereocenters. The molecule has 7 heteroatoms. The van der Waals surface area contributed by atoms with Crippen LogP contribution in [-0.2, 0) is 10.0 Å². The van der Waals surface area contributed by atoms with Gasteiger partial charge in [0.2, 0.25) is 0 Å². The average Bonchev–Trinajstić information content (AvgIpc) is 2.62. The largest absolute Gasteiger partial charge is 0.478 e. The van der Waals surface area contributed by atoms with E-state index in [4.69, 9.17) is 0 Å². The minimum Gasteiger partial charge on any atom is -0.478 e. The molecule has 2 N–H and O–H groups in total. The summed E-state index contributed by atoms with van der Waals surface area (Å²) in [4.78, 5) is 13.6. The van der Waals surface area contributed by atoms with Gasteiger partial charge >= 0.3 is 5.97 Å². The van der Waals surface area contributed by atoms with Gasteiger partial charge in [-0.3, -0.25) is 4.72 Å². The molecule has 6 nitrogen and oxygen atoms in total. The Hall–Kier alpha value is -2.54. The number of sulfonamides is 1. The summed E-state index contributed by atoms with van der Waals surface area (Å²) in [6.07, 6.45) is 2.15. The fraction of sp³-hybridized carbons (Fsp3) is 0.316. The third kappa shape index (κ3) is 3.99. The van der Waals surface area contributed by atoms with E-state index in [1.165, 1.54) is 24.3 Å². The summed E-state index contributed by atoms with van der Waals surface area (Å²) in [5.74, 6) is -0.592. The second-order valence-corrected chi connectivity index (χ2v) is 8.33. The Morgan fingerprint density at radius 3 is 2.58 bits per heavy atom. The van der Waals surface area contributed by atoms with E-state index in [9.17, 15) is 18.3 Å². The van der Waals surface area contributed by atoms with Crippen molar-refractivity contribution in [3.05, 3.63) is 54.1 Å². The Morgan fingerprint density at radius 2 is 1.92 bits per heavy atom. The van der Waals surface area contributed by atoms with Crippen molar-refractivity contribution < 1.29 is 18.3 Å². The summed E-state index contributed by atoms with van der Waals surface area (Å²) < 4.78 is 28.0. The molecule has 0 bridgehead atoms. The highest BCUT2D eigenvalue weighted by atomic mass is 32.2. The number of aromatic carboxylic acids is 1. The Kier molecular flexibility index (Phi) is 5.18. The zero-order valence-electron chi connectivity index (χ0n) is 14.6. The minimum atomic E-state index is -3.80. The van der Waals surface area contributed by atoms with Gasteiger partial charge in [-0.15, -0.1) is 0 Å². The summed E-state index contributed by atoms with van der Waals surface area (Å²) in [5, 5.41) is 9.28. The van der Waals surface area contributed by atoms with Crippen LogP contribution in [0.15, 0.2) is 53.4 Å². The van der Waals surface area contributed by atoms with Crippen LogP contribution in [-0.4, -0.2) is 32.6 Å². The molecule has 2 aromatic rings. The van der Waals surface area contributed by atoms with Crippen LogP contribution in [0.5, 0.6) is 0 Å². The van der Waals surface area contributed by atoms with E-state index in [1.807, 2.05) is 0 Å². The van der Waals surface area contributed by atoms with Crippen LogP contribution < -0.4 is 9.62 Å². The van der Waals surface area contributed by atoms with Crippen molar-refractivity contribution in [1.29, 1.82) is 0 Å². The van der Waals surface area contributed by atoms with E-state index >= 15 is 0 Å². The molecular formula is C19H22N2O4S. The molecule has 0 aromatic heterocycles. The average molecular weight is 374 g/mol. The zero-order valence-corrected chi connectivity index (χ0v) is 15.4. The highest BCUT2D eigenvalue weighted by molar-refractivity contribution is 7.92. The maximum atomic E-state index is 12.7. The lowest BCUT2D eigenvalue weighted by atomic mass is 9.99. The van der Waals surface area contributed by atoms with Gasteiger partial charge in [-0.25, -0.2) is 13.2 Å². The second-order valence-electron chi connectivity index (χ2n) is 6.65. The van der Waals surface area contributed by atoms with Crippen molar-refractivity contribution in [2.24, 2.45) is 5.92 Å². The lowest BCUT2D eigenvalue weighted by Crippen LogP contribution is -2.35. The lowest BCUT2D eigenvalue weighted by Gasteiger charge is -2.34. The van der Waals surface area contributed by atoms with Crippen molar-refractivity contribution in [2.45, 2.75) is 24.7 Å². The van der Waals surface area contributed by atoms with E-state index in [1.54, 1.807) is 24.3 Å². The number of benzene rings is 2. The fourth-order valence-electron chi connectivity index (χ4n) is 3.24. The van der Waals surface area contributed by atoms with Crippen LogP contribution in [0.4, 0.5) is 11.4 Å². The molecule has 1 aliphatic heterocycles. The molecule has 0 amide bonds. The molecule has 1 aliphatic rings. The van der Waals surface area contributed by atoms with Crippen molar-refractivity contribution in [3.63, 3.8) is 0 Å². The molecule has 0 aliphatic carbocycles. The van der Waals surface area contributed by atoms with Gasteiger partial charge < -0.3 is 10.0 Å². The van der Waals surface area contributed by atoms with E-state index in [0.29, 0.717) is 17.3 Å². The van der Waals surface area contributed by atoms with Crippen molar-refractivity contribution in [3.8, 4) is 0 Å². The highest BCUT2D eigenvalue weighted by Crippen LogP contribution is 2.32. The SMILES string of the molecule is C[C@H]1CCCN(c2ccc(C(=O)O)cc2NS(=O)(=O)c2ccccc2)C1. The zero-order chi connectivity index (χ0) is 18.7. The number of nitrogens with zero attached hydrogens (tertiary/aromatic N) is 1. The Morgan fingerprint density at radius 1 is 1.19 bits per heavy atom. The first kappa shape index (κ1) is 18.3. The number of anilines is 2. The molecule has 0 saturated carbocycles. The maximum Gasteiger partial charge on any atom is 0.335 e. The third-order valence-electron chi connectivity index (χ3n) is 4.54. The topological polar surface area (TPSA) is 86.7 Å². The first-order valence-electron chi connectivity index (χ1n) is 8.57. The molecule has 0 spiro atoms. The number of carboxylic acids is 1. The van der Waals surface area contributed by atoms with Gasteiger partial charge in [-0.2, -0.15) is 0 Å². The molecule has 3 rings (SSSR count). The van der Waals surface area contributed by atoms with E-state index < -0.39 is 16.0 Å². The fourth-order valence-corrected chi connectivity index (χ4v) is 4.32. The van der Waals surface area contributed by atoms with Crippen LogP contribution in [0.1, 0.15) is 30.1 Å². The van der Waals surface area contributed by atoms with Gasteiger partial charge in [0.1, 0.15) is 0 Å². The molecule has 0 radical (unpaired) electrons. The number of nitrogens with one attached hydrogen (secondary N) is 1. The number of piperidine rings is 1. The Labute approximate surface area is 153 Å². The number of hydrogen-bond donors (Lipinski definition) is 2. The Balaban J connectivity index is 2.00. The predicted octanol–water partition coefficient (Wildman–Crippen LogP) is 3.42. The predicted molar refractivity (Wildman–Crippen MR) is 101 cm³/mol. The van der Waals surface area contributed by atoms with Crippen molar-refractivity contribution in [1.82, 2.24) is 0 Å². The van der Waals surface area contributed by atoms with Gasteiger partial charge in [-0.05, 0) is 49.1 Å². The Bertz CT molecular complexity index is 897. The number of hydrogen-bond acceptors (Lipinski definition) is 4. The van der Waals surface area contributed by atoms with Gasteiger partial charge in [0.05, 0.1) is 21.8 Å². The maximum absolute atomic E-state index is 12.7.